The van der Waals surface area contributed by atoms with Crippen molar-refractivity contribution in [1.29, 1.82) is 0 Å². The Kier molecular flexibility index (Phi) is 58.4. The number of aliphatic hydroxyl groups excluding tert-OH is 8. The number of carbonyl (C=O) groups is 1. The molecule has 0 bridgehead atoms. The van der Waals surface area contributed by atoms with Gasteiger partial charge >= 0.3 is 0 Å². The second-order valence-electron chi connectivity index (χ2n) is 27.5. The van der Waals surface area contributed by atoms with E-state index in [1.54, 1.807) is 6.08 Å². The third-order valence-corrected chi connectivity index (χ3v) is 19.0. The predicted octanol–water partition coefficient (Wildman–Crippen LogP) is 17.0. The summed E-state index contributed by atoms with van der Waals surface area (Å²) in [6, 6.07) is -0.932. The standard InChI is InChI=1S/C78H145NO13/c1-3-5-7-9-11-13-15-17-19-21-23-25-26-27-28-29-30-31-32-33-34-35-36-37-38-39-40-42-44-46-48-50-52-54-56-58-60-62-70(83)79-66(67(82)61-59-57-55-53-51-49-47-45-43-41-24-22-20-18-16-14-12-10-8-6-4-2)65-89-77-75(88)73(86)76(69(64-81)91-77)92-78-74(87)72(85)71(84)68(63-80)90-78/h15,17,21,23,51,53,59,61,66-69,71-78,80-82,84-88H,3-14,16,18-20,22,24-50,52,54-58,60,62-65H2,1-2H3,(H,79,83)/b17-15-,23-21-,53-51+,61-59+. The van der Waals surface area contributed by atoms with E-state index in [0.29, 0.717) is 12.8 Å². The largest absolute Gasteiger partial charge is 0.394 e. The number of nitrogens with one attached hydrogen (secondary N) is 1. The van der Waals surface area contributed by atoms with Crippen molar-refractivity contribution in [3.63, 3.8) is 0 Å². The molecule has 0 aromatic rings. The number of aliphatic hydroxyl groups is 8. The lowest BCUT2D eigenvalue weighted by Crippen LogP contribution is -2.65. The summed E-state index contributed by atoms with van der Waals surface area (Å²) in [6.07, 6.45) is 66.3. The van der Waals surface area contributed by atoms with Gasteiger partial charge in [0.15, 0.2) is 12.6 Å². The Balaban J connectivity index is 1.60. The Morgan fingerprint density at radius 2 is 0.728 bits per heavy atom. The molecule has 14 nitrogen and oxygen atoms in total. The zero-order valence-corrected chi connectivity index (χ0v) is 59.1. The van der Waals surface area contributed by atoms with Gasteiger partial charge in [0.1, 0.15) is 48.8 Å². The normalized spacial score (nSPS) is 22.9. The molecule has 0 aliphatic carbocycles. The van der Waals surface area contributed by atoms with Crippen LogP contribution < -0.4 is 5.32 Å². The lowest BCUT2D eigenvalue weighted by molar-refractivity contribution is -0.359. The van der Waals surface area contributed by atoms with Gasteiger partial charge in [0, 0.05) is 6.42 Å². The van der Waals surface area contributed by atoms with Crippen LogP contribution in [0.1, 0.15) is 348 Å². The fourth-order valence-corrected chi connectivity index (χ4v) is 12.8. The fourth-order valence-electron chi connectivity index (χ4n) is 12.8. The van der Waals surface area contributed by atoms with Gasteiger partial charge in [0.25, 0.3) is 0 Å². The molecule has 0 aromatic carbocycles. The van der Waals surface area contributed by atoms with Crippen LogP contribution in [0.3, 0.4) is 0 Å². The molecule has 1 amide bonds. The first-order valence-electron chi connectivity index (χ1n) is 38.9. The molecule has 2 fully saturated rings. The van der Waals surface area contributed by atoms with E-state index in [2.05, 4.69) is 55.6 Å². The molecule has 0 saturated carbocycles. The average Bonchev–Trinajstić information content (AvgIpc) is 0.915. The average molecular weight is 1310 g/mol. The van der Waals surface area contributed by atoms with Crippen LogP contribution in [0.2, 0.25) is 0 Å². The molecular weight excluding hydrogens is 1160 g/mol. The van der Waals surface area contributed by atoms with Gasteiger partial charge in [-0.2, -0.15) is 0 Å². The molecule has 2 aliphatic heterocycles. The highest BCUT2D eigenvalue weighted by Crippen LogP contribution is 2.30. The lowest BCUT2D eigenvalue weighted by atomic mass is 9.97. The van der Waals surface area contributed by atoms with E-state index < -0.39 is 86.8 Å². The summed E-state index contributed by atoms with van der Waals surface area (Å²) in [5.74, 6) is -0.242. The zero-order valence-electron chi connectivity index (χ0n) is 59.1. The van der Waals surface area contributed by atoms with Gasteiger partial charge in [-0.1, -0.05) is 326 Å². The van der Waals surface area contributed by atoms with E-state index in [1.165, 1.54) is 276 Å². The van der Waals surface area contributed by atoms with E-state index in [4.69, 9.17) is 18.9 Å². The van der Waals surface area contributed by atoms with Gasteiger partial charge in [0.2, 0.25) is 5.91 Å². The number of hydrogen-bond donors (Lipinski definition) is 9. The number of rotatable bonds is 65. The fraction of sp³-hybridized carbons (Fsp3) is 0.885. The summed E-state index contributed by atoms with van der Waals surface area (Å²) >= 11 is 0. The number of unbranched alkanes of at least 4 members (excludes halogenated alkanes) is 46. The minimum absolute atomic E-state index is 0.242. The maximum absolute atomic E-state index is 13.4. The van der Waals surface area contributed by atoms with E-state index >= 15 is 0 Å². The van der Waals surface area contributed by atoms with Crippen molar-refractivity contribution < 1.29 is 64.6 Å². The molecular formula is C78H145NO13. The van der Waals surface area contributed by atoms with Crippen LogP contribution in [0.5, 0.6) is 0 Å². The Morgan fingerprint density at radius 1 is 0.391 bits per heavy atom. The van der Waals surface area contributed by atoms with Crippen LogP contribution >= 0.6 is 0 Å². The SMILES string of the molecule is CCCCCCC/C=C\C/C=C\CCCCCCCCCCCCCCCCCCCCCCCCCCCC(=O)NC(COC1OC(CO)C(OC2OC(CO)C(O)C(O)C2O)C(O)C1O)C(O)/C=C/CC/C=C/CCCCCCCCCCCCCCCCC. The Bertz CT molecular complexity index is 1730. The first-order chi connectivity index (χ1) is 45.1. The summed E-state index contributed by atoms with van der Waals surface area (Å²) in [5.41, 5.74) is 0. The molecule has 2 saturated heterocycles. The molecule has 12 unspecified atom stereocenters. The van der Waals surface area contributed by atoms with Crippen LogP contribution in [-0.4, -0.2) is 140 Å². The Hall–Kier alpha value is -2.05. The maximum atomic E-state index is 13.4. The van der Waals surface area contributed by atoms with Crippen molar-refractivity contribution >= 4 is 5.91 Å². The van der Waals surface area contributed by atoms with Crippen molar-refractivity contribution in [2.75, 3.05) is 19.8 Å². The number of allylic oxidation sites excluding steroid dienone is 7. The lowest BCUT2D eigenvalue weighted by Gasteiger charge is -2.46. The third-order valence-electron chi connectivity index (χ3n) is 19.0. The zero-order chi connectivity index (χ0) is 66.6. The monoisotopic (exact) mass is 1300 g/mol. The molecule has 2 rings (SSSR count). The van der Waals surface area contributed by atoms with E-state index in [1.807, 2.05) is 6.08 Å². The summed E-state index contributed by atoms with van der Waals surface area (Å²) in [4.78, 5) is 13.4. The highest BCUT2D eigenvalue weighted by atomic mass is 16.7. The first kappa shape index (κ1) is 86.0. The molecule has 9 N–H and O–H groups in total. The maximum Gasteiger partial charge on any atom is 0.220 e. The molecule has 92 heavy (non-hydrogen) atoms. The van der Waals surface area contributed by atoms with E-state index in [9.17, 15) is 45.6 Å². The quantitative estimate of drug-likeness (QED) is 0.0204. The van der Waals surface area contributed by atoms with Crippen molar-refractivity contribution in [2.24, 2.45) is 0 Å². The second-order valence-corrected chi connectivity index (χ2v) is 27.5. The smallest absolute Gasteiger partial charge is 0.220 e. The van der Waals surface area contributed by atoms with Gasteiger partial charge < -0.3 is 65.1 Å². The van der Waals surface area contributed by atoms with Gasteiger partial charge in [0.05, 0.1) is 32.0 Å². The summed E-state index contributed by atoms with van der Waals surface area (Å²) in [6.45, 7) is 2.82. The van der Waals surface area contributed by atoms with Crippen molar-refractivity contribution in [2.45, 2.75) is 421 Å². The molecule has 0 aromatic heterocycles. The summed E-state index contributed by atoms with van der Waals surface area (Å²) in [7, 11) is 0. The summed E-state index contributed by atoms with van der Waals surface area (Å²) in [5, 5.41) is 87.5. The van der Waals surface area contributed by atoms with Crippen LogP contribution in [0.4, 0.5) is 0 Å². The van der Waals surface area contributed by atoms with E-state index in [0.717, 1.165) is 38.5 Å². The van der Waals surface area contributed by atoms with Gasteiger partial charge in [-0.05, 0) is 64.2 Å². The molecule has 2 aliphatic rings. The minimum Gasteiger partial charge on any atom is -0.394 e. The predicted molar refractivity (Wildman–Crippen MR) is 378 cm³/mol. The Labute approximate surface area is 563 Å². The van der Waals surface area contributed by atoms with Crippen molar-refractivity contribution in [3.8, 4) is 0 Å². The third kappa shape index (κ3) is 45.5. The highest BCUT2D eigenvalue weighted by molar-refractivity contribution is 5.76. The van der Waals surface area contributed by atoms with Crippen LogP contribution in [0.15, 0.2) is 48.6 Å². The molecule has 0 spiro atoms. The Morgan fingerprint density at radius 3 is 1.13 bits per heavy atom. The second kappa shape index (κ2) is 62.5. The van der Waals surface area contributed by atoms with Gasteiger partial charge in [-0.25, -0.2) is 0 Å². The highest BCUT2D eigenvalue weighted by Gasteiger charge is 2.51. The first-order valence-corrected chi connectivity index (χ1v) is 38.9. The topological polar surface area (TPSA) is 228 Å². The minimum atomic E-state index is -1.79. The van der Waals surface area contributed by atoms with Crippen LogP contribution in [-0.2, 0) is 23.7 Å². The summed E-state index contributed by atoms with van der Waals surface area (Å²) < 4.78 is 22.9. The van der Waals surface area contributed by atoms with Crippen LogP contribution in [0.25, 0.3) is 0 Å². The number of ether oxygens (including phenoxy) is 4. The van der Waals surface area contributed by atoms with Gasteiger partial charge in [-0.3, -0.25) is 4.79 Å². The molecule has 14 heteroatoms. The van der Waals surface area contributed by atoms with Gasteiger partial charge in [-0.15, -0.1) is 0 Å². The van der Waals surface area contributed by atoms with Crippen LogP contribution in [0, 0.1) is 0 Å². The van der Waals surface area contributed by atoms with Crippen molar-refractivity contribution in [3.05, 3.63) is 48.6 Å². The molecule has 2 heterocycles. The van der Waals surface area contributed by atoms with E-state index in [-0.39, 0.29) is 18.9 Å². The number of carbonyl (C=O) groups excluding carboxylic acids is 1. The molecule has 540 valence electrons. The molecule has 12 atom stereocenters. The number of hydrogen-bond acceptors (Lipinski definition) is 13. The number of amides is 1. The molecule has 0 radical (unpaired) electrons. The van der Waals surface area contributed by atoms with Crippen molar-refractivity contribution in [1.82, 2.24) is 5.32 Å².